The fraction of sp³-hybridized carbons (Fsp3) is 0.250. The molecule has 2 aromatic rings. The van der Waals surface area contributed by atoms with Gasteiger partial charge in [0, 0.05) is 17.7 Å². The Kier molecular flexibility index (Phi) is 3.60. The molecule has 0 saturated carbocycles. The number of nitrogens with zero attached hydrogens (tertiary/aromatic N) is 2. The van der Waals surface area contributed by atoms with E-state index < -0.39 is 14.9 Å². The molecule has 0 amide bonds. The van der Waals surface area contributed by atoms with Crippen molar-refractivity contribution in [3.05, 3.63) is 63.7 Å². The predicted molar refractivity (Wildman–Crippen MR) is 87.1 cm³/mol. The van der Waals surface area contributed by atoms with Gasteiger partial charge < -0.3 is 0 Å². The number of para-hydroxylation sites is 1. The van der Waals surface area contributed by atoms with Crippen LogP contribution < -0.4 is 4.31 Å². The van der Waals surface area contributed by atoms with E-state index in [0.29, 0.717) is 12.1 Å². The normalized spacial score (nSPS) is 17.1. The highest BCUT2D eigenvalue weighted by Crippen LogP contribution is 2.38. The van der Waals surface area contributed by atoms with Crippen LogP contribution in [0.5, 0.6) is 0 Å². The summed E-state index contributed by atoms with van der Waals surface area (Å²) in [5.41, 5.74) is 1.58. The van der Waals surface area contributed by atoms with Gasteiger partial charge in [0.25, 0.3) is 15.7 Å². The van der Waals surface area contributed by atoms with Gasteiger partial charge in [0.05, 0.1) is 15.5 Å². The lowest BCUT2D eigenvalue weighted by Crippen LogP contribution is -2.36. The molecule has 0 N–H and O–H groups in total. The highest BCUT2D eigenvalue weighted by molar-refractivity contribution is 7.93. The average molecular weight is 332 g/mol. The molecule has 1 atom stereocenters. The van der Waals surface area contributed by atoms with Gasteiger partial charge in [-0.3, -0.25) is 14.4 Å². The topological polar surface area (TPSA) is 80.5 Å². The van der Waals surface area contributed by atoms with Crippen LogP contribution in [0.3, 0.4) is 0 Å². The number of rotatable bonds is 3. The SMILES string of the molecule is Cc1c([N+](=O)[O-])cccc1S(=O)(=O)N1c2ccccc2CC1C. The van der Waals surface area contributed by atoms with E-state index in [1.807, 2.05) is 19.1 Å². The van der Waals surface area contributed by atoms with E-state index in [0.717, 1.165) is 5.56 Å². The number of sulfonamides is 1. The van der Waals surface area contributed by atoms with Crippen LogP contribution in [0, 0.1) is 17.0 Å². The van der Waals surface area contributed by atoms with Gasteiger partial charge in [-0.15, -0.1) is 0 Å². The van der Waals surface area contributed by atoms with E-state index in [4.69, 9.17) is 0 Å². The summed E-state index contributed by atoms with van der Waals surface area (Å²) < 4.78 is 27.6. The molecule has 3 rings (SSSR count). The summed E-state index contributed by atoms with van der Waals surface area (Å²) in [5, 5.41) is 11.1. The number of benzene rings is 2. The maximum Gasteiger partial charge on any atom is 0.273 e. The van der Waals surface area contributed by atoms with E-state index in [-0.39, 0.29) is 22.2 Å². The molecule has 1 aliphatic heterocycles. The number of nitro groups is 1. The quantitative estimate of drug-likeness (QED) is 0.639. The van der Waals surface area contributed by atoms with Crippen molar-refractivity contribution in [3.8, 4) is 0 Å². The highest BCUT2D eigenvalue weighted by atomic mass is 32.2. The Hall–Kier alpha value is -2.41. The van der Waals surface area contributed by atoms with E-state index in [1.54, 1.807) is 12.1 Å². The molecule has 1 heterocycles. The third-order valence-electron chi connectivity index (χ3n) is 4.13. The Morgan fingerprint density at radius 1 is 1.17 bits per heavy atom. The van der Waals surface area contributed by atoms with Crippen LogP contribution >= 0.6 is 0 Å². The minimum absolute atomic E-state index is 0.0183. The molecule has 1 aliphatic rings. The van der Waals surface area contributed by atoms with Crippen LogP contribution in [0.25, 0.3) is 0 Å². The first-order valence-corrected chi connectivity index (χ1v) is 8.64. The Morgan fingerprint density at radius 2 is 1.87 bits per heavy atom. The van der Waals surface area contributed by atoms with Gasteiger partial charge in [-0.2, -0.15) is 0 Å². The van der Waals surface area contributed by atoms with Crippen LogP contribution in [0.2, 0.25) is 0 Å². The second-order valence-corrected chi connectivity index (χ2v) is 7.42. The second kappa shape index (κ2) is 5.34. The predicted octanol–water partition coefficient (Wildman–Crippen LogP) is 3.04. The molecule has 7 heteroatoms. The van der Waals surface area contributed by atoms with Crippen LogP contribution in [0.4, 0.5) is 11.4 Å². The average Bonchev–Trinajstić information content (AvgIpc) is 2.83. The van der Waals surface area contributed by atoms with Gasteiger partial charge >= 0.3 is 0 Å². The van der Waals surface area contributed by atoms with Gasteiger partial charge in [-0.25, -0.2) is 8.42 Å². The zero-order valence-electron chi connectivity index (χ0n) is 12.8. The number of fused-ring (bicyclic) bond motifs is 1. The molecule has 1 unspecified atom stereocenters. The summed E-state index contributed by atoms with van der Waals surface area (Å²) in [6.45, 7) is 3.31. The van der Waals surface area contributed by atoms with Crippen molar-refractivity contribution < 1.29 is 13.3 Å². The Balaban J connectivity index is 2.17. The van der Waals surface area contributed by atoms with Crippen molar-refractivity contribution in [1.29, 1.82) is 0 Å². The Bertz CT molecular complexity index is 893. The van der Waals surface area contributed by atoms with Crippen LogP contribution in [0.1, 0.15) is 18.1 Å². The third-order valence-corrected chi connectivity index (χ3v) is 6.21. The molecular weight excluding hydrogens is 316 g/mol. The van der Waals surface area contributed by atoms with Gasteiger partial charge in [0.2, 0.25) is 0 Å². The van der Waals surface area contributed by atoms with Crippen LogP contribution in [0.15, 0.2) is 47.4 Å². The van der Waals surface area contributed by atoms with Crippen molar-refractivity contribution in [2.75, 3.05) is 4.31 Å². The van der Waals surface area contributed by atoms with E-state index in [9.17, 15) is 18.5 Å². The molecule has 0 aromatic heterocycles. The fourth-order valence-corrected chi connectivity index (χ4v) is 5.03. The van der Waals surface area contributed by atoms with Gasteiger partial charge in [-0.1, -0.05) is 24.3 Å². The van der Waals surface area contributed by atoms with Gasteiger partial charge in [0.15, 0.2) is 0 Å². The van der Waals surface area contributed by atoms with Crippen molar-refractivity contribution in [2.45, 2.75) is 31.2 Å². The molecule has 0 radical (unpaired) electrons. The lowest BCUT2D eigenvalue weighted by Gasteiger charge is -2.25. The summed E-state index contributed by atoms with van der Waals surface area (Å²) in [7, 11) is -3.86. The van der Waals surface area contributed by atoms with Crippen molar-refractivity contribution in [2.24, 2.45) is 0 Å². The summed E-state index contributed by atoms with van der Waals surface area (Å²) in [6.07, 6.45) is 0.628. The summed E-state index contributed by atoms with van der Waals surface area (Å²) in [5.74, 6) is 0. The lowest BCUT2D eigenvalue weighted by atomic mass is 10.1. The number of hydrogen-bond acceptors (Lipinski definition) is 4. The minimum Gasteiger partial charge on any atom is -0.263 e. The standard InChI is InChI=1S/C16H16N2O4S/c1-11-10-13-6-3-4-7-15(13)17(11)23(21,22)16-9-5-8-14(12(16)2)18(19)20/h3-9,11H,10H2,1-2H3. The number of anilines is 1. The number of hydrogen-bond donors (Lipinski definition) is 0. The summed E-state index contributed by atoms with van der Waals surface area (Å²) in [6, 6.07) is 11.3. The zero-order valence-corrected chi connectivity index (χ0v) is 13.6. The van der Waals surface area contributed by atoms with Gasteiger partial charge in [0.1, 0.15) is 0 Å². The summed E-state index contributed by atoms with van der Waals surface area (Å²) in [4.78, 5) is 10.5. The zero-order chi connectivity index (χ0) is 16.8. The first kappa shape index (κ1) is 15.5. The van der Waals surface area contributed by atoms with Crippen LogP contribution in [-0.2, 0) is 16.4 Å². The molecule has 0 bridgehead atoms. The molecule has 0 aliphatic carbocycles. The number of nitro benzene ring substituents is 1. The van der Waals surface area contributed by atoms with Crippen LogP contribution in [-0.4, -0.2) is 19.4 Å². The third kappa shape index (κ3) is 2.37. The first-order chi connectivity index (χ1) is 10.8. The maximum absolute atomic E-state index is 13.1. The summed E-state index contributed by atoms with van der Waals surface area (Å²) >= 11 is 0. The monoisotopic (exact) mass is 332 g/mol. The molecule has 2 aromatic carbocycles. The van der Waals surface area contributed by atoms with E-state index in [1.165, 1.54) is 29.4 Å². The lowest BCUT2D eigenvalue weighted by molar-refractivity contribution is -0.385. The molecule has 0 saturated heterocycles. The highest BCUT2D eigenvalue weighted by Gasteiger charge is 2.37. The van der Waals surface area contributed by atoms with E-state index in [2.05, 4.69) is 0 Å². The fourth-order valence-electron chi connectivity index (χ4n) is 3.09. The van der Waals surface area contributed by atoms with Crippen molar-refractivity contribution in [3.63, 3.8) is 0 Å². The van der Waals surface area contributed by atoms with Gasteiger partial charge in [-0.05, 0) is 38.0 Å². The Labute approximate surface area is 134 Å². The minimum atomic E-state index is -3.86. The molecule has 6 nitrogen and oxygen atoms in total. The molecule has 0 fully saturated rings. The largest absolute Gasteiger partial charge is 0.273 e. The first-order valence-electron chi connectivity index (χ1n) is 7.20. The molecule has 0 spiro atoms. The Morgan fingerprint density at radius 3 is 2.57 bits per heavy atom. The molecular formula is C16H16N2O4S. The van der Waals surface area contributed by atoms with Crippen molar-refractivity contribution >= 4 is 21.4 Å². The maximum atomic E-state index is 13.1. The second-order valence-electron chi connectivity index (χ2n) is 5.64. The smallest absolute Gasteiger partial charge is 0.263 e. The molecule has 23 heavy (non-hydrogen) atoms. The molecule has 120 valence electrons. The van der Waals surface area contributed by atoms with Crippen molar-refractivity contribution in [1.82, 2.24) is 0 Å². The van der Waals surface area contributed by atoms with E-state index >= 15 is 0 Å².